The number of carbonyl (C=O) groups is 2. The number of nitrogens with one attached hydrogen (secondary N) is 1. The number of ether oxygens (including phenoxy) is 3. The Hall–Kier alpha value is -1.22. The zero-order chi connectivity index (χ0) is 23.0. The predicted molar refractivity (Wildman–Crippen MR) is 124 cm³/mol. The van der Waals surface area contributed by atoms with E-state index in [2.05, 4.69) is 21.9 Å². The van der Waals surface area contributed by atoms with E-state index < -0.39 is 0 Å². The molecule has 8 heteroatoms. The zero-order valence-corrected chi connectivity index (χ0v) is 20.0. The maximum atomic E-state index is 11.8. The fraction of sp³-hybridized carbons (Fsp3) is 0.913. The summed E-state index contributed by atoms with van der Waals surface area (Å²) in [5, 5.41) is 2.93. The molecule has 0 saturated carbocycles. The number of hydrogen-bond acceptors (Lipinski definition) is 7. The lowest BCUT2D eigenvalue weighted by Gasteiger charge is -2.22. The van der Waals surface area contributed by atoms with Crippen LogP contribution in [0.4, 0.5) is 0 Å². The van der Waals surface area contributed by atoms with E-state index in [9.17, 15) is 9.59 Å². The first-order valence-corrected chi connectivity index (χ1v) is 12.1. The molecule has 31 heavy (non-hydrogen) atoms. The Morgan fingerprint density at radius 1 is 0.806 bits per heavy atom. The topological polar surface area (TPSA) is 103 Å². The average Bonchev–Trinajstić information content (AvgIpc) is 2.77. The van der Waals surface area contributed by atoms with Crippen molar-refractivity contribution in [2.75, 3.05) is 66.3 Å². The van der Waals surface area contributed by atoms with Gasteiger partial charge in [0.2, 0.25) is 5.91 Å². The van der Waals surface area contributed by atoms with Gasteiger partial charge in [0.15, 0.2) is 0 Å². The fourth-order valence-corrected chi connectivity index (χ4v) is 3.15. The highest BCUT2D eigenvalue weighted by molar-refractivity contribution is 5.76. The van der Waals surface area contributed by atoms with Crippen LogP contribution in [0.5, 0.6) is 0 Å². The minimum Gasteiger partial charge on any atom is -0.469 e. The summed E-state index contributed by atoms with van der Waals surface area (Å²) in [5.41, 5.74) is 5.39. The lowest BCUT2D eigenvalue weighted by molar-refractivity contribution is -0.140. The van der Waals surface area contributed by atoms with Crippen LogP contribution in [0.25, 0.3) is 0 Å². The summed E-state index contributed by atoms with van der Waals surface area (Å²) in [6.45, 7) is 9.11. The Morgan fingerprint density at radius 3 is 2.13 bits per heavy atom. The highest BCUT2D eigenvalue weighted by Gasteiger charge is 2.06. The highest BCUT2D eigenvalue weighted by Crippen LogP contribution is 2.04. The normalized spacial score (nSPS) is 11.1. The number of methoxy groups -OCH3 is 1. The average molecular weight is 446 g/mol. The van der Waals surface area contributed by atoms with E-state index in [1.807, 2.05) is 0 Å². The fourth-order valence-electron chi connectivity index (χ4n) is 3.15. The molecule has 1 amide bonds. The van der Waals surface area contributed by atoms with Crippen LogP contribution < -0.4 is 11.1 Å². The molecule has 0 aliphatic rings. The molecule has 0 bridgehead atoms. The largest absolute Gasteiger partial charge is 0.469 e. The zero-order valence-electron chi connectivity index (χ0n) is 20.0. The van der Waals surface area contributed by atoms with Gasteiger partial charge in [0.25, 0.3) is 0 Å². The molecular weight excluding hydrogens is 398 g/mol. The number of hydrogen-bond donors (Lipinski definition) is 2. The van der Waals surface area contributed by atoms with Crippen LogP contribution in [-0.4, -0.2) is 83.0 Å². The number of nitrogens with two attached hydrogens (primary N) is 1. The van der Waals surface area contributed by atoms with Gasteiger partial charge in [0.05, 0.1) is 33.5 Å². The first kappa shape index (κ1) is 29.8. The van der Waals surface area contributed by atoms with E-state index in [1.165, 1.54) is 32.8 Å². The van der Waals surface area contributed by atoms with Crippen molar-refractivity contribution in [1.29, 1.82) is 0 Å². The number of amides is 1. The molecule has 0 aromatic heterocycles. The minimum absolute atomic E-state index is 0.00837. The Balaban J connectivity index is 3.83. The van der Waals surface area contributed by atoms with Gasteiger partial charge >= 0.3 is 5.97 Å². The van der Waals surface area contributed by atoms with Gasteiger partial charge in [-0.25, -0.2) is 0 Å². The van der Waals surface area contributed by atoms with Gasteiger partial charge in [-0.15, -0.1) is 0 Å². The Morgan fingerprint density at radius 2 is 1.48 bits per heavy atom. The number of carbonyl (C=O) groups excluding carboxylic acids is 2. The van der Waals surface area contributed by atoms with E-state index >= 15 is 0 Å². The van der Waals surface area contributed by atoms with Gasteiger partial charge in [-0.1, -0.05) is 32.6 Å². The Kier molecular flexibility index (Phi) is 22.5. The summed E-state index contributed by atoms with van der Waals surface area (Å²) >= 11 is 0. The van der Waals surface area contributed by atoms with Gasteiger partial charge in [-0.2, -0.15) is 0 Å². The van der Waals surface area contributed by atoms with E-state index in [0.717, 1.165) is 45.5 Å². The number of esters is 1. The molecule has 0 heterocycles. The first-order valence-electron chi connectivity index (χ1n) is 12.1. The summed E-state index contributed by atoms with van der Waals surface area (Å²) in [7, 11) is 1.36. The quantitative estimate of drug-likeness (QED) is 0.184. The van der Waals surface area contributed by atoms with E-state index in [0.29, 0.717) is 52.2 Å². The molecule has 8 nitrogen and oxygen atoms in total. The molecule has 0 rings (SSSR count). The second-order valence-corrected chi connectivity index (χ2v) is 7.76. The molecule has 0 atom stereocenters. The predicted octanol–water partition coefficient (Wildman–Crippen LogP) is 2.49. The van der Waals surface area contributed by atoms with Crippen molar-refractivity contribution in [2.45, 2.75) is 71.1 Å². The van der Waals surface area contributed by atoms with Crippen LogP contribution in [0.2, 0.25) is 0 Å². The highest BCUT2D eigenvalue weighted by atomic mass is 16.5. The summed E-state index contributed by atoms with van der Waals surface area (Å²) in [6, 6.07) is 0. The third kappa shape index (κ3) is 21.8. The van der Waals surface area contributed by atoms with Gasteiger partial charge in [-0.3, -0.25) is 9.59 Å². The second-order valence-electron chi connectivity index (χ2n) is 7.76. The van der Waals surface area contributed by atoms with Crippen molar-refractivity contribution >= 4 is 11.9 Å². The molecule has 0 saturated heterocycles. The molecule has 0 spiro atoms. The molecule has 0 aromatic rings. The van der Waals surface area contributed by atoms with Crippen molar-refractivity contribution in [3.8, 4) is 0 Å². The molecule has 0 aliphatic heterocycles. The van der Waals surface area contributed by atoms with Crippen LogP contribution >= 0.6 is 0 Å². The molecule has 0 fully saturated rings. The SMILES string of the molecule is CCCCCCN(CCCCCNC(=O)CCCC(=O)OC)CCOCCOCCN. The van der Waals surface area contributed by atoms with E-state index in [-0.39, 0.29) is 11.9 Å². The monoisotopic (exact) mass is 445 g/mol. The van der Waals surface area contributed by atoms with Crippen molar-refractivity contribution in [2.24, 2.45) is 5.73 Å². The smallest absolute Gasteiger partial charge is 0.305 e. The van der Waals surface area contributed by atoms with Gasteiger partial charge in [0, 0.05) is 32.5 Å². The van der Waals surface area contributed by atoms with Crippen LogP contribution in [0, 0.1) is 0 Å². The minimum atomic E-state index is -0.266. The van der Waals surface area contributed by atoms with Crippen LogP contribution in [0.15, 0.2) is 0 Å². The molecule has 0 unspecified atom stereocenters. The van der Waals surface area contributed by atoms with Crippen molar-refractivity contribution < 1.29 is 23.8 Å². The lowest BCUT2D eigenvalue weighted by atomic mass is 10.2. The van der Waals surface area contributed by atoms with E-state index in [1.54, 1.807) is 0 Å². The lowest BCUT2D eigenvalue weighted by Crippen LogP contribution is -2.30. The number of nitrogens with zero attached hydrogens (tertiary/aromatic N) is 1. The molecular formula is C23H47N3O5. The van der Waals surface area contributed by atoms with E-state index in [4.69, 9.17) is 15.2 Å². The molecule has 0 aliphatic carbocycles. The van der Waals surface area contributed by atoms with Gasteiger partial charge < -0.3 is 30.2 Å². The summed E-state index contributed by atoms with van der Waals surface area (Å²) in [5.74, 6) is -0.258. The van der Waals surface area contributed by atoms with Crippen LogP contribution in [-0.2, 0) is 23.8 Å². The van der Waals surface area contributed by atoms with Gasteiger partial charge in [0.1, 0.15) is 0 Å². The Bertz CT molecular complexity index is 424. The summed E-state index contributed by atoms with van der Waals surface area (Å²) in [6.07, 6.45) is 9.43. The van der Waals surface area contributed by atoms with Crippen molar-refractivity contribution in [1.82, 2.24) is 10.2 Å². The number of rotatable bonds is 23. The Labute approximate surface area is 189 Å². The van der Waals surface area contributed by atoms with Gasteiger partial charge in [-0.05, 0) is 38.8 Å². The molecule has 184 valence electrons. The van der Waals surface area contributed by atoms with Crippen molar-refractivity contribution in [3.05, 3.63) is 0 Å². The summed E-state index contributed by atoms with van der Waals surface area (Å²) in [4.78, 5) is 25.3. The molecule has 3 N–H and O–H groups in total. The standard InChI is InChI=1S/C23H47N3O5/c1-3-4-5-8-15-26(17-19-31-21-20-30-18-13-24)16-9-6-7-14-25-22(27)11-10-12-23(28)29-2/h3-21,24H2,1-2H3,(H,25,27). The molecule has 0 radical (unpaired) electrons. The first-order chi connectivity index (χ1) is 15.1. The third-order valence-electron chi connectivity index (χ3n) is 5.00. The summed E-state index contributed by atoms with van der Waals surface area (Å²) < 4.78 is 15.6. The second kappa shape index (κ2) is 23.4. The van der Waals surface area contributed by atoms with Crippen molar-refractivity contribution in [3.63, 3.8) is 0 Å². The number of unbranched alkanes of at least 4 members (excludes halogenated alkanes) is 5. The maximum absolute atomic E-state index is 11.8. The molecule has 0 aromatic carbocycles. The third-order valence-corrected chi connectivity index (χ3v) is 5.00. The maximum Gasteiger partial charge on any atom is 0.305 e. The van der Waals surface area contributed by atoms with Crippen LogP contribution in [0.1, 0.15) is 71.1 Å². The van der Waals surface area contributed by atoms with Crippen LogP contribution in [0.3, 0.4) is 0 Å².